The van der Waals surface area contributed by atoms with Crippen molar-refractivity contribution in [1.29, 1.82) is 0 Å². The summed E-state index contributed by atoms with van der Waals surface area (Å²) in [6.45, 7) is 9.88. The molecule has 0 unspecified atom stereocenters. The summed E-state index contributed by atoms with van der Waals surface area (Å²) in [5, 5.41) is 3.06. The quantitative estimate of drug-likeness (QED) is 0.309. The summed E-state index contributed by atoms with van der Waals surface area (Å²) < 4.78 is 2.41. The maximum Gasteiger partial charge on any atom is 0.225 e. The minimum absolute atomic E-state index is 0.117. The number of hydrogen-bond donors (Lipinski definition) is 1. The molecule has 0 radical (unpaired) electrons. The smallest absolute Gasteiger partial charge is 0.225 e. The Morgan fingerprint density at radius 2 is 1.52 bits per heavy atom. The molecule has 1 aromatic heterocycles. The van der Waals surface area contributed by atoms with E-state index >= 15 is 0 Å². The van der Waals surface area contributed by atoms with Crippen LogP contribution in [-0.4, -0.2) is 22.0 Å². The molecule has 0 saturated heterocycles. The van der Waals surface area contributed by atoms with Crippen LogP contribution < -0.4 is 5.32 Å². The number of amides is 1. The Kier molecular flexibility index (Phi) is 11.1. The third kappa shape index (κ3) is 9.04. The largest absolute Gasteiger partial charge is 0.356 e. The first-order valence-electron chi connectivity index (χ1n) is 12.7. The minimum Gasteiger partial charge on any atom is -0.356 e. The number of fused-ring (bicyclic) bond motifs is 1. The molecule has 0 aliphatic carbocycles. The zero-order chi connectivity index (χ0) is 22.5. The average Bonchev–Trinajstić information content (AvgIpc) is 3.09. The molecule has 0 fully saturated rings. The van der Waals surface area contributed by atoms with Crippen LogP contribution in [0.4, 0.5) is 0 Å². The predicted octanol–water partition coefficient (Wildman–Crippen LogP) is 7.05. The minimum atomic E-state index is -0.331. The van der Waals surface area contributed by atoms with E-state index in [1.54, 1.807) is 0 Å². The first-order chi connectivity index (χ1) is 14.9. The second-order valence-electron chi connectivity index (χ2n) is 9.96. The number of unbranched alkanes of at least 4 members (excludes halogenated alkanes) is 9. The van der Waals surface area contributed by atoms with Crippen molar-refractivity contribution in [1.82, 2.24) is 14.9 Å². The van der Waals surface area contributed by atoms with Gasteiger partial charge in [-0.25, -0.2) is 4.98 Å². The molecule has 1 aromatic carbocycles. The van der Waals surface area contributed by atoms with Crippen molar-refractivity contribution in [2.45, 2.75) is 111 Å². The molecule has 31 heavy (non-hydrogen) atoms. The molecular weight excluding hydrogens is 382 g/mol. The van der Waals surface area contributed by atoms with Gasteiger partial charge in [0.25, 0.3) is 0 Å². The maximum absolute atomic E-state index is 12.1. The number of hydrogen-bond acceptors (Lipinski definition) is 2. The number of nitrogens with zero attached hydrogens (tertiary/aromatic N) is 2. The van der Waals surface area contributed by atoms with Crippen LogP contribution in [0.2, 0.25) is 0 Å². The summed E-state index contributed by atoms with van der Waals surface area (Å²) in [5.74, 6) is 1.27. The van der Waals surface area contributed by atoms with E-state index in [-0.39, 0.29) is 11.3 Å². The van der Waals surface area contributed by atoms with Crippen LogP contribution in [0, 0.1) is 5.41 Å². The van der Waals surface area contributed by atoms with Gasteiger partial charge in [0.2, 0.25) is 5.91 Å². The topological polar surface area (TPSA) is 46.9 Å². The van der Waals surface area contributed by atoms with E-state index in [2.05, 4.69) is 41.1 Å². The van der Waals surface area contributed by atoms with Crippen LogP contribution in [0.15, 0.2) is 24.3 Å². The number of benzene rings is 1. The zero-order valence-electron chi connectivity index (χ0n) is 20.5. The van der Waals surface area contributed by atoms with Crippen molar-refractivity contribution < 1.29 is 4.79 Å². The normalized spacial score (nSPS) is 11.9. The lowest BCUT2D eigenvalue weighted by atomic mass is 9.96. The van der Waals surface area contributed by atoms with E-state index < -0.39 is 0 Å². The molecule has 0 bridgehead atoms. The van der Waals surface area contributed by atoms with Gasteiger partial charge in [0.1, 0.15) is 5.82 Å². The van der Waals surface area contributed by atoms with Crippen LogP contribution in [0.3, 0.4) is 0 Å². The molecule has 174 valence electrons. The molecule has 0 atom stereocenters. The van der Waals surface area contributed by atoms with Crippen LogP contribution in [0.1, 0.15) is 104 Å². The van der Waals surface area contributed by atoms with E-state index in [0.717, 1.165) is 30.7 Å². The fraction of sp³-hybridized carbons (Fsp3) is 0.704. The van der Waals surface area contributed by atoms with Gasteiger partial charge in [-0.3, -0.25) is 4.79 Å². The zero-order valence-corrected chi connectivity index (χ0v) is 20.5. The summed E-state index contributed by atoms with van der Waals surface area (Å²) >= 11 is 0. The predicted molar refractivity (Wildman–Crippen MR) is 132 cm³/mol. The Hall–Kier alpha value is -1.84. The summed E-state index contributed by atoms with van der Waals surface area (Å²) in [7, 11) is 0. The lowest BCUT2D eigenvalue weighted by Gasteiger charge is -2.17. The Labute approximate surface area is 190 Å². The molecule has 2 rings (SSSR count). The van der Waals surface area contributed by atoms with Gasteiger partial charge >= 0.3 is 0 Å². The Bertz CT molecular complexity index is 772. The van der Waals surface area contributed by atoms with Gasteiger partial charge < -0.3 is 9.88 Å². The first-order valence-corrected chi connectivity index (χ1v) is 12.7. The number of para-hydroxylation sites is 2. The number of imidazole rings is 1. The number of aromatic nitrogens is 2. The van der Waals surface area contributed by atoms with E-state index in [9.17, 15) is 4.79 Å². The van der Waals surface area contributed by atoms with E-state index in [0.29, 0.717) is 6.54 Å². The lowest BCUT2D eigenvalue weighted by Crippen LogP contribution is -2.35. The number of aryl methyl sites for hydroxylation is 2. The maximum atomic E-state index is 12.1. The number of rotatable bonds is 15. The van der Waals surface area contributed by atoms with Crippen molar-refractivity contribution in [3.8, 4) is 0 Å². The number of carbonyl (C=O) groups excluding carboxylic acids is 1. The Morgan fingerprint density at radius 3 is 2.16 bits per heavy atom. The van der Waals surface area contributed by atoms with Gasteiger partial charge in [-0.15, -0.1) is 0 Å². The van der Waals surface area contributed by atoms with Crippen molar-refractivity contribution >= 4 is 16.9 Å². The second kappa shape index (κ2) is 13.5. The summed E-state index contributed by atoms with van der Waals surface area (Å²) in [6.07, 6.45) is 15.4. The van der Waals surface area contributed by atoms with E-state index in [4.69, 9.17) is 4.98 Å². The second-order valence-corrected chi connectivity index (χ2v) is 9.96. The highest BCUT2D eigenvalue weighted by atomic mass is 16.2. The standard InChI is InChI=1S/C27H45N3O/c1-5-6-7-8-9-10-11-12-13-16-22-30-24-19-15-14-18-23(24)29-25(30)20-17-21-28-26(31)27(2,3)4/h14-15,18-19H,5-13,16-17,20-22H2,1-4H3,(H,28,31). The van der Waals surface area contributed by atoms with Crippen molar-refractivity contribution in [2.24, 2.45) is 5.41 Å². The van der Waals surface area contributed by atoms with Gasteiger partial charge in [-0.2, -0.15) is 0 Å². The molecular formula is C27H45N3O. The molecule has 1 heterocycles. The van der Waals surface area contributed by atoms with Crippen molar-refractivity contribution in [3.05, 3.63) is 30.1 Å². The fourth-order valence-corrected chi connectivity index (χ4v) is 4.04. The van der Waals surface area contributed by atoms with E-state index in [1.165, 1.54) is 69.7 Å². The molecule has 1 amide bonds. The molecule has 0 spiro atoms. The number of carbonyl (C=O) groups is 1. The van der Waals surface area contributed by atoms with Gasteiger partial charge in [-0.1, -0.05) is 97.6 Å². The van der Waals surface area contributed by atoms with E-state index in [1.807, 2.05) is 20.8 Å². The molecule has 2 aromatic rings. The molecule has 0 saturated carbocycles. The Morgan fingerprint density at radius 1 is 0.903 bits per heavy atom. The molecule has 0 aliphatic rings. The van der Waals surface area contributed by atoms with Crippen LogP contribution in [0.5, 0.6) is 0 Å². The highest BCUT2D eigenvalue weighted by Gasteiger charge is 2.20. The monoisotopic (exact) mass is 427 g/mol. The Balaban J connectivity index is 1.76. The number of nitrogens with one attached hydrogen (secondary N) is 1. The summed E-state index contributed by atoms with van der Waals surface area (Å²) in [4.78, 5) is 17.0. The van der Waals surface area contributed by atoms with Crippen molar-refractivity contribution in [3.63, 3.8) is 0 Å². The van der Waals surface area contributed by atoms with Gasteiger partial charge in [-0.05, 0) is 25.0 Å². The van der Waals surface area contributed by atoms with Gasteiger partial charge in [0.05, 0.1) is 11.0 Å². The fourth-order valence-electron chi connectivity index (χ4n) is 4.04. The third-order valence-electron chi connectivity index (χ3n) is 6.01. The SMILES string of the molecule is CCCCCCCCCCCCn1c(CCCNC(=O)C(C)(C)C)nc2ccccc21. The lowest BCUT2D eigenvalue weighted by molar-refractivity contribution is -0.128. The average molecular weight is 428 g/mol. The van der Waals surface area contributed by atoms with Gasteiger partial charge in [0.15, 0.2) is 0 Å². The summed E-state index contributed by atoms with van der Waals surface area (Å²) in [6, 6.07) is 8.46. The highest BCUT2D eigenvalue weighted by Crippen LogP contribution is 2.19. The molecule has 1 N–H and O–H groups in total. The van der Waals surface area contributed by atoms with Crippen LogP contribution in [0.25, 0.3) is 11.0 Å². The van der Waals surface area contributed by atoms with Crippen molar-refractivity contribution in [2.75, 3.05) is 6.54 Å². The third-order valence-corrected chi connectivity index (χ3v) is 6.01. The molecule has 0 aliphatic heterocycles. The van der Waals surface area contributed by atoms with Gasteiger partial charge in [0, 0.05) is 24.9 Å². The van der Waals surface area contributed by atoms with Crippen LogP contribution >= 0.6 is 0 Å². The van der Waals surface area contributed by atoms with Crippen LogP contribution in [-0.2, 0) is 17.8 Å². The first kappa shape index (κ1) is 25.4. The molecule has 4 nitrogen and oxygen atoms in total. The summed E-state index contributed by atoms with van der Waals surface area (Å²) in [5.41, 5.74) is 2.00. The molecule has 4 heteroatoms. The highest BCUT2D eigenvalue weighted by molar-refractivity contribution is 5.81.